The van der Waals surface area contributed by atoms with Gasteiger partial charge in [-0.15, -0.1) is 12.3 Å². The van der Waals surface area contributed by atoms with Crippen LogP contribution in [0.3, 0.4) is 0 Å². The normalized spacial score (nSPS) is 21.8. The molecule has 80 valence electrons. The van der Waals surface area contributed by atoms with E-state index in [1.54, 1.807) is 0 Å². The molecule has 1 fully saturated rings. The maximum Gasteiger partial charge on any atom is 0.00981 e. The summed E-state index contributed by atoms with van der Waals surface area (Å²) in [6.07, 6.45) is 12.6. The Morgan fingerprint density at radius 1 is 1.36 bits per heavy atom. The van der Waals surface area contributed by atoms with Gasteiger partial charge in [0, 0.05) is 12.5 Å². The highest BCUT2D eigenvalue weighted by Crippen LogP contribution is 2.34. The lowest BCUT2D eigenvalue weighted by Gasteiger charge is -2.34. The maximum absolute atomic E-state index is 5.21. The van der Waals surface area contributed by atoms with Gasteiger partial charge in [-0.2, -0.15) is 0 Å². The Morgan fingerprint density at radius 2 is 2.00 bits per heavy atom. The zero-order valence-corrected chi connectivity index (χ0v) is 9.60. The molecule has 0 unspecified atom stereocenters. The molecule has 1 heteroatoms. The molecule has 0 bridgehead atoms. The van der Waals surface area contributed by atoms with Crippen LogP contribution in [-0.4, -0.2) is 12.6 Å². The van der Waals surface area contributed by atoms with Crippen LogP contribution in [0.25, 0.3) is 0 Å². The van der Waals surface area contributed by atoms with Gasteiger partial charge in [0.2, 0.25) is 0 Å². The second-order valence-corrected chi connectivity index (χ2v) is 5.20. The Morgan fingerprint density at radius 3 is 2.57 bits per heavy atom. The first kappa shape index (κ1) is 11.6. The lowest BCUT2D eigenvalue weighted by atomic mass is 9.75. The van der Waals surface area contributed by atoms with Crippen LogP contribution in [0.5, 0.6) is 0 Å². The molecular weight excluding hydrogens is 170 g/mol. The zero-order chi connectivity index (χ0) is 10.4. The van der Waals surface area contributed by atoms with Gasteiger partial charge in [0.15, 0.2) is 0 Å². The van der Waals surface area contributed by atoms with Gasteiger partial charge in [-0.1, -0.05) is 13.8 Å². The molecule has 0 amide bonds. The van der Waals surface area contributed by atoms with Gasteiger partial charge < -0.3 is 5.32 Å². The third kappa shape index (κ3) is 4.15. The molecule has 0 aliphatic heterocycles. The molecule has 0 aromatic rings. The summed E-state index contributed by atoms with van der Waals surface area (Å²) in [6.45, 7) is 5.85. The van der Waals surface area contributed by atoms with Crippen LogP contribution in [0.4, 0.5) is 0 Å². The first-order valence-corrected chi connectivity index (χ1v) is 5.81. The highest BCUT2D eigenvalue weighted by atomic mass is 14.9. The van der Waals surface area contributed by atoms with Gasteiger partial charge in [0.25, 0.3) is 0 Å². The first-order chi connectivity index (χ1) is 6.64. The van der Waals surface area contributed by atoms with Crippen LogP contribution in [0.2, 0.25) is 0 Å². The van der Waals surface area contributed by atoms with Crippen molar-refractivity contribution in [1.82, 2.24) is 5.32 Å². The minimum Gasteiger partial charge on any atom is -0.314 e. The second kappa shape index (κ2) is 5.41. The topological polar surface area (TPSA) is 12.0 Å². The molecule has 1 aliphatic carbocycles. The van der Waals surface area contributed by atoms with Crippen LogP contribution >= 0.6 is 0 Å². The van der Waals surface area contributed by atoms with Crippen molar-refractivity contribution < 1.29 is 0 Å². The van der Waals surface area contributed by atoms with Crippen LogP contribution in [0.1, 0.15) is 52.4 Å². The molecule has 0 atom stereocenters. The second-order valence-electron chi connectivity index (χ2n) is 5.20. The maximum atomic E-state index is 5.21. The number of terminal acetylenes is 1. The average molecular weight is 193 g/mol. The lowest BCUT2D eigenvalue weighted by Crippen LogP contribution is -2.36. The van der Waals surface area contributed by atoms with Crippen LogP contribution < -0.4 is 5.32 Å². The largest absolute Gasteiger partial charge is 0.314 e. The van der Waals surface area contributed by atoms with Crippen LogP contribution in [0, 0.1) is 17.8 Å². The quantitative estimate of drug-likeness (QED) is 0.534. The molecule has 1 nitrogen and oxygen atoms in total. The van der Waals surface area contributed by atoms with Gasteiger partial charge in [0.1, 0.15) is 0 Å². The van der Waals surface area contributed by atoms with E-state index in [1.165, 1.54) is 25.7 Å². The van der Waals surface area contributed by atoms with E-state index < -0.39 is 0 Å². The average Bonchev–Trinajstić information content (AvgIpc) is 2.15. The summed E-state index contributed by atoms with van der Waals surface area (Å²) < 4.78 is 0. The fraction of sp³-hybridized carbons (Fsp3) is 0.846. The predicted octanol–water partition coefficient (Wildman–Crippen LogP) is 2.96. The van der Waals surface area contributed by atoms with Gasteiger partial charge in [-0.05, 0) is 44.1 Å². The van der Waals surface area contributed by atoms with E-state index in [4.69, 9.17) is 6.42 Å². The molecule has 0 spiro atoms. The van der Waals surface area contributed by atoms with Crippen LogP contribution in [0.15, 0.2) is 0 Å². The van der Waals surface area contributed by atoms with E-state index in [0.717, 1.165) is 25.4 Å². The fourth-order valence-corrected chi connectivity index (χ4v) is 2.10. The lowest BCUT2D eigenvalue weighted by molar-refractivity contribution is 0.207. The number of hydrogen-bond donors (Lipinski definition) is 1. The summed E-state index contributed by atoms with van der Waals surface area (Å²) in [5, 5.41) is 3.60. The minimum absolute atomic E-state index is 0.580. The SMILES string of the molecule is C#CCCCNC1CCC(C)(C)CC1. The number of nitrogens with one attached hydrogen (secondary N) is 1. The summed E-state index contributed by atoms with van der Waals surface area (Å²) in [5.74, 6) is 2.68. The summed E-state index contributed by atoms with van der Waals surface area (Å²) >= 11 is 0. The van der Waals surface area contributed by atoms with Crippen molar-refractivity contribution in [2.75, 3.05) is 6.54 Å². The smallest absolute Gasteiger partial charge is 0.00981 e. The van der Waals surface area contributed by atoms with E-state index in [9.17, 15) is 0 Å². The van der Waals surface area contributed by atoms with Gasteiger partial charge in [-0.3, -0.25) is 0 Å². The van der Waals surface area contributed by atoms with Crippen molar-refractivity contribution in [3.05, 3.63) is 0 Å². The number of unbranched alkanes of at least 4 members (excludes halogenated alkanes) is 1. The van der Waals surface area contributed by atoms with E-state index in [0.29, 0.717) is 5.41 Å². The number of rotatable bonds is 4. The molecule has 0 saturated heterocycles. The van der Waals surface area contributed by atoms with E-state index in [2.05, 4.69) is 25.1 Å². The van der Waals surface area contributed by atoms with Gasteiger partial charge in [-0.25, -0.2) is 0 Å². The highest BCUT2D eigenvalue weighted by Gasteiger charge is 2.25. The van der Waals surface area contributed by atoms with Crippen molar-refractivity contribution in [2.45, 2.75) is 58.4 Å². The van der Waals surface area contributed by atoms with E-state index >= 15 is 0 Å². The molecule has 1 saturated carbocycles. The number of hydrogen-bond acceptors (Lipinski definition) is 1. The summed E-state index contributed by atoms with van der Waals surface area (Å²) in [6, 6.07) is 0.751. The third-order valence-electron chi connectivity index (χ3n) is 3.27. The highest BCUT2D eigenvalue weighted by molar-refractivity contribution is 4.85. The van der Waals surface area contributed by atoms with Gasteiger partial charge in [0.05, 0.1) is 0 Å². The van der Waals surface area contributed by atoms with Crippen molar-refractivity contribution in [2.24, 2.45) is 5.41 Å². The minimum atomic E-state index is 0.580. The molecule has 14 heavy (non-hydrogen) atoms. The Kier molecular flexibility index (Phi) is 4.48. The molecule has 0 aromatic heterocycles. The molecule has 0 radical (unpaired) electrons. The van der Waals surface area contributed by atoms with Crippen molar-refractivity contribution in [3.8, 4) is 12.3 Å². The Hall–Kier alpha value is -0.480. The third-order valence-corrected chi connectivity index (χ3v) is 3.27. The Bertz CT molecular complexity index is 190. The molecule has 1 N–H and O–H groups in total. The Labute approximate surface area is 88.7 Å². The predicted molar refractivity (Wildman–Crippen MR) is 62.1 cm³/mol. The van der Waals surface area contributed by atoms with E-state index in [1.807, 2.05) is 0 Å². The molecular formula is C13H23N. The van der Waals surface area contributed by atoms with Crippen molar-refractivity contribution >= 4 is 0 Å². The van der Waals surface area contributed by atoms with Crippen molar-refractivity contribution in [1.29, 1.82) is 0 Å². The monoisotopic (exact) mass is 193 g/mol. The summed E-state index contributed by atoms with van der Waals surface area (Å²) in [5.41, 5.74) is 0.580. The zero-order valence-electron chi connectivity index (χ0n) is 9.60. The molecule has 1 aliphatic rings. The van der Waals surface area contributed by atoms with E-state index in [-0.39, 0.29) is 0 Å². The Balaban J connectivity index is 2.08. The molecule has 0 aromatic carbocycles. The molecule has 1 rings (SSSR count). The molecule has 0 heterocycles. The van der Waals surface area contributed by atoms with Crippen LogP contribution in [-0.2, 0) is 0 Å². The van der Waals surface area contributed by atoms with Gasteiger partial charge >= 0.3 is 0 Å². The summed E-state index contributed by atoms with van der Waals surface area (Å²) in [7, 11) is 0. The fourth-order valence-electron chi connectivity index (χ4n) is 2.10. The van der Waals surface area contributed by atoms with Crippen molar-refractivity contribution in [3.63, 3.8) is 0 Å². The first-order valence-electron chi connectivity index (χ1n) is 5.81. The summed E-state index contributed by atoms with van der Waals surface area (Å²) in [4.78, 5) is 0. The standard InChI is InChI=1S/C13H23N/c1-4-5-6-11-14-12-7-9-13(2,3)10-8-12/h1,12,14H,5-11H2,2-3H3.